The van der Waals surface area contributed by atoms with Crippen molar-refractivity contribution in [3.8, 4) is 10.6 Å². The Morgan fingerprint density at radius 1 is 1.22 bits per heavy atom. The third kappa shape index (κ3) is 5.85. The highest BCUT2D eigenvalue weighted by molar-refractivity contribution is 7.13. The maximum Gasteiger partial charge on any atom is 0.415 e. The molecule has 36 heavy (non-hydrogen) atoms. The number of nitrogens with one attached hydrogen (secondary N) is 2. The lowest BCUT2D eigenvalue weighted by atomic mass is 10.1. The highest BCUT2D eigenvalue weighted by Crippen LogP contribution is 2.32. The maximum atomic E-state index is 14.2. The van der Waals surface area contributed by atoms with Crippen LogP contribution in [0, 0.1) is 11.6 Å². The number of aromatic nitrogens is 2. The van der Waals surface area contributed by atoms with Crippen LogP contribution in [0.15, 0.2) is 42.0 Å². The Kier molecular flexibility index (Phi) is 7.60. The summed E-state index contributed by atoms with van der Waals surface area (Å²) in [4.78, 5) is 36.1. The Hall–Kier alpha value is -3.44. The SMILES string of the molecule is CC(C)(C)OC(=O)N(c1ccncc1NC(=O)c1csc(-c2c(F)cccc2F)n1)[C@H]1CCCNC1. The van der Waals surface area contributed by atoms with Crippen LogP contribution in [0.2, 0.25) is 0 Å². The number of ether oxygens (including phenoxy) is 1. The van der Waals surface area contributed by atoms with Crippen LogP contribution in [0.3, 0.4) is 0 Å². The molecule has 3 heterocycles. The van der Waals surface area contributed by atoms with Crippen molar-refractivity contribution in [2.24, 2.45) is 0 Å². The molecule has 1 fully saturated rings. The van der Waals surface area contributed by atoms with Crippen LogP contribution in [0.4, 0.5) is 25.0 Å². The van der Waals surface area contributed by atoms with E-state index in [1.807, 2.05) is 0 Å². The summed E-state index contributed by atoms with van der Waals surface area (Å²) in [6.07, 6.45) is 4.06. The van der Waals surface area contributed by atoms with Crippen molar-refractivity contribution in [3.63, 3.8) is 0 Å². The molecule has 1 aliphatic rings. The van der Waals surface area contributed by atoms with Crippen molar-refractivity contribution in [1.29, 1.82) is 0 Å². The van der Waals surface area contributed by atoms with Crippen LogP contribution >= 0.6 is 11.3 Å². The topological polar surface area (TPSA) is 96.5 Å². The zero-order valence-electron chi connectivity index (χ0n) is 20.2. The second kappa shape index (κ2) is 10.7. The van der Waals surface area contributed by atoms with Crippen molar-refractivity contribution in [3.05, 3.63) is 59.4 Å². The standard InChI is InChI=1S/C25H27F2N5O3S/c1-25(2,3)35-24(34)32(15-6-5-10-28-12-15)20-9-11-29-13-18(20)30-22(33)19-14-36-23(31-19)21-16(26)7-4-8-17(21)27/h4,7-9,11,13-15,28H,5-6,10,12H2,1-3H3,(H,30,33)/t15-/m0/s1. The van der Waals surface area contributed by atoms with E-state index in [0.29, 0.717) is 12.2 Å². The molecule has 190 valence electrons. The molecule has 11 heteroatoms. The number of anilines is 2. The molecule has 1 atom stereocenters. The Labute approximate surface area is 211 Å². The first kappa shape index (κ1) is 25.6. The van der Waals surface area contributed by atoms with Crippen molar-refractivity contribution < 1.29 is 23.1 Å². The molecule has 0 spiro atoms. The molecule has 2 aromatic heterocycles. The average Bonchev–Trinajstić information content (AvgIpc) is 3.30. The van der Waals surface area contributed by atoms with Crippen molar-refractivity contribution >= 4 is 34.7 Å². The fourth-order valence-corrected chi connectivity index (χ4v) is 4.73. The Balaban J connectivity index is 1.62. The monoisotopic (exact) mass is 515 g/mol. The highest BCUT2D eigenvalue weighted by atomic mass is 32.1. The van der Waals surface area contributed by atoms with Gasteiger partial charge in [-0.15, -0.1) is 11.3 Å². The zero-order valence-corrected chi connectivity index (χ0v) is 21.0. The second-order valence-electron chi connectivity index (χ2n) is 9.33. The molecule has 0 unspecified atom stereocenters. The van der Waals surface area contributed by atoms with Gasteiger partial charge in [0, 0.05) is 18.1 Å². The van der Waals surface area contributed by atoms with E-state index in [-0.39, 0.29) is 28.0 Å². The number of pyridine rings is 1. The first-order chi connectivity index (χ1) is 17.1. The molecule has 4 rings (SSSR count). The number of hydrogen-bond donors (Lipinski definition) is 2. The maximum absolute atomic E-state index is 14.2. The Bertz CT molecular complexity index is 1230. The quantitative estimate of drug-likeness (QED) is 0.483. The minimum Gasteiger partial charge on any atom is -0.443 e. The summed E-state index contributed by atoms with van der Waals surface area (Å²) in [5, 5.41) is 7.50. The molecule has 0 radical (unpaired) electrons. The molecule has 3 aromatic rings. The van der Waals surface area contributed by atoms with E-state index < -0.39 is 29.2 Å². The lowest BCUT2D eigenvalue weighted by molar-refractivity contribution is 0.0560. The summed E-state index contributed by atoms with van der Waals surface area (Å²) in [6.45, 7) is 6.78. The van der Waals surface area contributed by atoms with E-state index in [1.165, 1.54) is 28.7 Å². The predicted molar refractivity (Wildman–Crippen MR) is 134 cm³/mol. The number of hydrogen-bond acceptors (Lipinski definition) is 7. The number of piperidine rings is 1. The first-order valence-electron chi connectivity index (χ1n) is 11.5. The molecule has 1 aliphatic heterocycles. The van der Waals surface area contributed by atoms with Gasteiger partial charge in [0.15, 0.2) is 0 Å². The molecular formula is C25H27F2N5O3S. The minimum atomic E-state index is -0.764. The lowest BCUT2D eigenvalue weighted by Crippen LogP contribution is -2.50. The minimum absolute atomic E-state index is 0.0180. The van der Waals surface area contributed by atoms with Gasteiger partial charge in [-0.25, -0.2) is 18.6 Å². The molecule has 0 aliphatic carbocycles. The number of carbonyl (C=O) groups excluding carboxylic acids is 2. The van der Waals surface area contributed by atoms with E-state index in [1.54, 1.807) is 26.8 Å². The smallest absolute Gasteiger partial charge is 0.415 e. The van der Waals surface area contributed by atoms with Crippen LogP contribution in [0.25, 0.3) is 10.6 Å². The number of halogens is 2. The predicted octanol–water partition coefficient (Wildman–Crippen LogP) is 5.23. The normalized spacial score (nSPS) is 15.9. The number of nitrogens with zero attached hydrogens (tertiary/aromatic N) is 3. The van der Waals surface area contributed by atoms with Crippen LogP contribution in [-0.2, 0) is 4.74 Å². The molecule has 0 bridgehead atoms. The van der Waals surface area contributed by atoms with Gasteiger partial charge < -0.3 is 15.4 Å². The summed E-state index contributed by atoms with van der Waals surface area (Å²) >= 11 is 0.954. The van der Waals surface area contributed by atoms with Gasteiger partial charge in [-0.2, -0.15) is 0 Å². The molecule has 2 amide bonds. The second-order valence-corrected chi connectivity index (χ2v) is 10.2. The van der Waals surface area contributed by atoms with Crippen LogP contribution in [0.1, 0.15) is 44.1 Å². The van der Waals surface area contributed by atoms with E-state index in [4.69, 9.17) is 4.74 Å². The van der Waals surface area contributed by atoms with Crippen molar-refractivity contribution in [2.45, 2.75) is 45.3 Å². The molecule has 0 saturated carbocycles. The lowest BCUT2D eigenvalue weighted by Gasteiger charge is -2.36. The van der Waals surface area contributed by atoms with Gasteiger partial charge in [-0.05, 0) is 58.4 Å². The molecule has 1 aromatic carbocycles. The zero-order chi connectivity index (χ0) is 25.9. The number of amides is 2. The Morgan fingerprint density at radius 2 is 1.97 bits per heavy atom. The van der Waals surface area contributed by atoms with Gasteiger partial charge in [0.25, 0.3) is 5.91 Å². The molecule has 1 saturated heterocycles. The Morgan fingerprint density at radius 3 is 2.64 bits per heavy atom. The van der Waals surface area contributed by atoms with E-state index in [2.05, 4.69) is 20.6 Å². The average molecular weight is 516 g/mol. The fourth-order valence-electron chi connectivity index (χ4n) is 3.88. The van der Waals surface area contributed by atoms with Gasteiger partial charge >= 0.3 is 6.09 Å². The van der Waals surface area contributed by atoms with E-state index >= 15 is 0 Å². The number of carbonyl (C=O) groups is 2. The molecule has 8 nitrogen and oxygen atoms in total. The first-order valence-corrected chi connectivity index (χ1v) is 12.4. The number of thiazole rings is 1. The van der Waals surface area contributed by atoms with E-state index in [9.17, 15) is 18.4 Å². The van der Waals surface area contributed by atoms with Crippen molar-refractivity contribution in [1.82, 2.24) is 15.3 Å². The third-order valence-corrected chi connectivity index (χ3v) is 6.31. The number of benzene rings is 1. The van der Waals surface area contributed by atoms with Gasteiger partial charge in [-0.1, -0.05) is 6.07 Å². The summed E-state index contributed by atoms with van der Waals surface area (Å²) in [5.41, 5.74) is -0.310. The van der Waals surface area contributed by atoms with Gasteiger partial charge in [-0.3, -0.25) is 14.7 Å². The van der Waals surface area contributed by atoms with Gasteiger partial charge in [0.2, 0.25) is 0 Å². The van der Waals surface area contributed by atoms with E-state index in [0.717, 1.165) is 42.9 Å². The third-order valence-electron chi connectivity index (χ3n) is 5.45. The van der Waals surface area contributed by atoms with Crippen LogP contribution < -0.4 is 15.5 Å². The van der Waals surface area contributed by atoms with Crippen LogP contribution in [0.5, 0.6) is 0 Å². The van der Waals surface area contributed by atoms with Crippen LogP contribution in [-0.4, -0.2) is 46.7 Å². The highest BCUT2D eigenvalue weighted by Gasteiger charge is 2.32. The molecule has 2 N–H and O–H groups in total. The van der Waals surface area contributed by atoms with Crippen molar-refractivity contribution in [2.75, 3.05) is 23.3 Å². The summed E-state index contributed by atoms with van der Waals surface area (Å²) in [5.74, 6) is -2.13. The van der Waals surface area contributed by atoms with Gasteiger partial charge in [0.05, 0.1) is 29.2 Å². The van der Waals surface area contributed by atoms with Gasteiger partial charge in [0.1, 0.15) is 27.9 Å². The summed E-state index contributed by atoms with van der Waals surface area (Å²) in [7, 11) is 0. The largest absolute Gasteiger partial charge is 0.443 e. The fraction of sp³-hybridized carbons (Fsp3) is 0.360. The summed E-state index contributed by atoms with van der Waals surface area (Å²) < 4.78 is 34.0. The summed E-state index contributed by atoms with van der Waals surface area (Å²) in [6, 6.07) is 4.97. The molecular weight excluding hydrogens is 488 g/mol. The number of rotatable bonds is 5.